The van der Waals surface area contributed by atoms with Crippen LogP contribution in [0.25, 0.3) is 6.08 Å². The summed E-state index contributed by atoms with van der Waals surface area (Å²) in [5.41, 5.74) is 3.41. The van der Waals surface area contributed by atoms with Crippen molar-refractivity contribution in [2.45, 2.75) is 18.3 Å². The Hall–Kier alpha value is -3.57. The summed E-state index contributed by atoms with van der Waals surface area (Å²) < 4.78 is 5.55. The average molecular weight is 435 g/mol. The molecule has 0 bridgehead atoms. The Morgan fingerprint density at radius 2 is 1.74 bits per heavy atom. The zero-order chi connectivity index (χ0) is 22.0. The van der Waals surface area contributed by atoms with Crippen LogP contribution in [0.4, 0.5) is 0 Å². The fourth-order valence-electron chi connectivity index (χ4n) is 3.89. The number of carbonyl (C=O) groups excluding carboxylic acids is 1. The molecule has 0 saturated heterocycles. The van der Waals surface area contributed by atoms with Crippen molar-refractivity contribution in [3.05, 3.63) is 100 Å². The lowest BCUT2D eigenvalue weighted by atomic mass is 9.76. The van der Waals surface area contributed by atoms with Crippen LogP contribution in [0, 0.1) is 0 Å². The average Bonchev–Trinajstić information content (AvgIpc) is 2.74. The van der Waals surface area contributed by atoms with Gasteiger partial charge in [0.25, 0.3) is 0 Å². The summed E-state index contributed by atoms with van der Waals surface area (Å²) in [6, 6.07) is 19.5. The molecular formula is C25H19ClO5. The van der Waals surface area contributed by atoms with Crippen LogP contribution >= 0.6 is 11.6 Å². The summed E-state index contributed by atoms with van der Waals surface area (Å²) in [6.07, 6.45) is 3.17. The van der Waals surface area contributed by atoms with Crippen LogP contribution in [0.15, 0.2) is 72.8 Å². The van der Waals surface area contributed by atoms with Crippen LogP contribution < -0.4 is 4.74 Å². The summed E-state index contributed by atoms with van der Waals surface area (Å²) in [6.45, 7) is 0. The van der Waals surface area contributed by atoms with Gasteiger partial charge in [-0.15, -0.1) is 0 Å². The monoisotopic (exact) mass is 434 g/mol. The highest BCUT2D eigenvalue weighted by molar-refractivity contribution is 6.30. The molecule has 4 rings (SSSR count). The Balaban J connectivity index is 1.71. The second-order valence-electron chi connectivity index (χ2n) is 7.40. The van der Waals surface area contributed by atoms with E-state index in [0.29, 0.717) is 17.2 Å². The third kappa shape index (κ3) is 4.62. The van der Waals surface area contributed by atoms with Crippen molar-refractivity contribution in [3.63, 3.8) is 0 Å². The number of esters is 1. The van der Waals surface area contributed by atoms with Crippen molar-refractivity contribution in [1.82, 2.24) is 0 Å². The van der Waals surface area contributed by atoms with Crippen LogP contribution in [0.3, 0.4) is 0 Å². The van der Waals surface area contributed by atoms with Crippen molar-refractivity contribution in [2.24, 2.45) is 0 Å². The first kappa shape index (κ1) is 20.7. The Morgan fingerprint density at radius 3 is 2.42 bits per heavy atom. The van der Waals surface area contributed by atoms with Crippen molar-refractivity contribution in [2.75, 3.05) is 0 Å². The highest BCUT2D eigenvalue weighted by Crippen LogP contribution is 2.45. The van der Waals surface area contributed by atoms with E-state index in [4.69, 9.17) is 21.4 Å². The van der Waals surface area contributed by atoms with E-state index in [1.807, 2.05) is 36.4 Å². The molecule has 0 aliphatic carbocycles. The molecule has 1 heterocycles. The Labute approximate surface area is 184 Å². The molecule has 6 heteroatoms. The summed E-state index contributed by atoms with van der Waals surface area (Å²) in [5.74, 6) is -1.73. The molecule has 0 aromatic heterocycles. The van der Waals surface area contributed by atoms with Gasteiger partial charge in [0.2, 0.25) is 0 Å². The van der Waals surface area contributed by atoms with Gasteiger partial charge < -0.3 is 14.9 Å². The highest BCUT2D eigenvalue weighted by Gasteiger charge is 2.39. The third-order valence-corrected chi connectivity index (χ3v) is 5.60. The zero-order valence-electron chi connectivity index (χ0n) is 16.4. The first-order valence-corrected chi connectivity index (χ1v) is 10.1. The molecule has 1 aliphatic heterocycles. The maximum Gasteiger partial charge on any atom is 0.328 e. The number of phenolic OH excluding ortho intramolecular Hbond substituents is 1. The van der Waals surface area contributed by atoms with E-state index < -0.39 is 11.9 Å². The number of halogens is 1. The fourth-order valence-corrected chi connectivity index (χ4v) is 4.01. The number of benzene rings is 3. The van der Waals surface area contributed by atoms with E-state index in [9.17, 15) is 14.7 Å². The number of phenols is 1. The lowest BCUT2D eigenvalue weighted by Crippen LogP contribution is -2.31. The first-order valence-electron chi connectivity index (χ1n) is 9.71. The molecular weight excluding hydrogens is 416 g/mol. The van der Waals surface area contributed by atoms with E-state index in [-0.39, 0.29) is 17.6 Å². The second kappa shape index (κ2) is 8.66. The lowest BCUT2D eigenvalue weighted by molar-refractivity contribution is -0.138. The van der Waals surface area contributed by atoms with Crippen molar-refractivity contribution >= 4 is 29.6 Å². The van der Waals surface area contributed by atoms with Gasteiger partial charge >= 0.3 is 11.9 Å². The number of rotatable bonds is 5. The number of hydrogen-bond acceptors (Lipinski definition) is 4. The van der Waals surface area contributed by atoms with Crippen molar-refractivity contribution < 1.29 is 24.5 Å². The number of aromatic hydroxyl groups is 1. The van der Waals surface area contributed by atoms with E-state index in [1.54, 1.807) is 24.3 Å². The summed E-state index contributed by atoms with van der Waals surface area (Å²) in [5, 5.41) is 19.2. The number of ether oxygens (including phenoxy) is 1. The maximum absolute atomic E-state index is 13.0. The molecule has 3 aromatic carbocycles. The number of fused-ring (bicyclic) bond motifs is 1. The minimum absolute atomic E-state index is 0.0322. The van der Waals surface area contributed by atoms with Crippen LogP contribution in [0.2, 0.25) is 5.02 Å². The number of hydrogen-bond donors (Lipinski definition) is 2. The predicted octanol–water partition coefficient (Wildman–Crippen LogP) is 5.17. The number of carboxylic acid groups (broad SMARTS) is 1. The van der Waals surface area contributed by atoms with Crippen molar-refractivity contribution in [1.29, 1.82) is 0 Å². The fraction of sp³-hybridized carbons (Fsp3) is 0.120. The number of carbonyl (C=O) groups is 2. The molecule has 1 aliphatic rings. The first-order chi connectivity index (χ1) is 14.9. The molecule has 2 unspecified atom stereocenters. The predicted molar refractivity (Wildman–Crippen MR) is 117 cm³/mol. The van der Waals surface area contributed by atoms with Gasteiger partial charge in [0.1, 0.15) is 11.5 Å². The quantitative estimate of drug-likeness (QED) is 0.328. The van der Waals surface area contributed by atoms with Crippen LogP contribution in [-0.4, -0.2) is 22.2 Å². The molecule has 0 saturated carbocycles. The number of carboxylic acids is 1. The molecule has 0 fully saturated rings. The highest BCUT2D eigenvalue weighted by atomic mass is 35.5. The van der Waals surface area contributed by atoms with Gasteiger partial charge in [0.05, 0.1) is 5.92 Å². The SMILES string of the molecule is O=C(O)/C=C/c1ccc(CC2c3ccc(O)cc3OC(=O)C2c2ccc(Cl)cc2)cc1. The van der Waals surface area contributed by atoms with E-state index in [1.165, 1.54) is 12.1 Å². The standard InChI is InChI=1S/C25H19ClO5/c26-18-8-6-17(7-9-18)24-21(20-11-10-19(27)14-22(20)31-25(24)30)13-16-3-1-15(2-4-16)5-12-23(28)29/h1-12,14,21,24,27H,13H2,(H,28,29)/b12-5+. The topological polar surface area (TPSA) is 83.8 Å². The zero-order valence-corrected chi connectivity index (χ0v) is 17.1. The van der Waals surface area contributed by atoms with Gasteiger partial charge in [-0.25, -0.2) is 4.79 Å². The molecule has 31 heavy (non-hydrogen) atoms. The van der Waals surface area contributed by atoms with Crippen LogP contribution in [0.1, 0.15) is 34.1 Å². The summed E-state index contributed by atoms with van der Waals surface area (Å²) >= 11 is 6.03. The van der Waals surface area contributed by atoms with E-state index in [0.717, 1.165) is 28.3 Å². The second-order valence-corrected chi connectivity index (χ2v) is 7.83. The molecule has 156 valence electrons. The smallest absolute Gasteiger partial charge is 0.328 e. The Kier molecular flexibility index (Phi) is 5.78. The van der Waals surface area contributed by atoms with Gasteiger partial charge in [-0.1, -0.05) is 54.1 Å². The van der Waals surface area contributed by atoms with Gasteiger partial charge in [-0.3, -0.25) is 4.79 Å². The Morgan fingerprint density at radius 1 is 1.03 bits per heavy atom. The van der Waals surface area contributed by atoms with Crippen LogP contribution in [-0.2, 0) is 16.0 Å². The maximum atomic E-state index is 13.0. The largest absolute Gasteiger partial charge is 0.508 e. The Bertz CT molecular complexity index is 1150. The van der Waals surface area contributed by atoms with Gasteiger partial charge in [-0.2, -0.15) is 0 Å². The lowest BCUT2D eigenvalue weighted by Gasteiger charge is -2.32. The normalized spacial score (nSPS) is 17.9. The van der Waals surface area contributed by atoms with Crippen molar-refractivity contribution in [3.8, 4) is 11.5 Å². The van der Waals surface area contributed by atoms with Gasteiger partial charge in [0, 0.05) is 23.1 Å². The van der Waals surface area contributed by atoms with E-state index >= 15 is 0 Å². The molecule has 3 aromatic rings. The minimum Gasteiger partial charge on any atom is -0.508 e. The van der Waals surface area contributed by atoms with Crippen LogP contribution in [0.5, 0.6) is 11.5 Å². The number of aliphatic carboxylic acids is 1. The molecule has 2 atom stereocenters. The van der Waals surface area contributed by atoms with E-state index in [2.05, 4.69) is 0 Å². The molecule has 0 amide bonds. The summed E-state index contributed by atoms with van der Waals surface area (Å²) in [7, 11) is 0. The molecule has 0 spiro atoms. The molecule has 5 nitrogen and oxygen atoms in total. The molecule has 0 radical (unpaired) electrons. The summed E-state index contributed by atoms with van der Waals surface area (Å²) in [4.78, 5) is 23.7. The van der Waals surface area contributed by atoms with Gasteiger partial charge in [-0.05, 0) is 52.9 Å². The molecule has 2 N–H and O–H groups in total. The minimum atomic E-state index is -1.00. The third-order valence-electron chi connectivity index (χ3n) is 5.35. The van der Waals surface area contributed by atoms with Gasteiger partial charge in [0.15, 0.2) is 0 Å².